The number of pyridine rings is 1. The fourth-order valence-electron chi connectivity index (χ4n) is 2.99. The average Bonchev–Trinajstić information content (AvgIpc) is 2.38. The van der Waals surface area contributed by atoms with Crippen molar-refractivity contribution >= 4 is 0 Å². The monoisotopic (exact) mass is 271 g/mol. The molecule has 2 heterocycles. The van der Waals surface area contributed by atoms with Gasteiger partial charge in [-0.25, -0.2) is 0 Å². The van der Waals surface area contributed by atoms with Crippen molar-refractivity contribution in [3.63, 3.8) is 0 Å². The lowest BCUT2D eigenvalue weighted by atomic mass is 9.76. The molecule has 20 heavy (non-hydrogen) atoms. The predicted molar refractivity (Wildman–Crippen MR) is 81.4 cm³/mol. The van der Waals surface area contributed by atoms with Gasteiger partial charge in [0.15, 0.2) is 0 Å². The van der Waals surface area contributed by atoms with E-state index in [4.69, 9.17) is 0 Å². The van der Waals surface area contributed by atoms with Crippen LogP contribution in [-0.4, -0.2) is 29.5 Å². The Labute approximate surface area is 122 Å². The first-order valence-corrected chi connectivity index (χ1v) is 7.41. The Balaban J connectivity index is 2.11. The standard InChI is InChI=1S/C17H25N3/c1-14-5-8-19-15(11-14)17(12-18)6-9-20(10-7-17)13-16(2,3)4/h5,8,11H,6-7,9-10,13H2,1-4H3. The van der Waals surface area contributed by atoms with Gasteiger partial charge in [-0.2, -0.15) is 5.26 Å². The first kappa shape index (κ1) is 15.0. The van der Waals surface area contributed by atoms with Crippen molar-refractivity contribution in [1.82, 2.24) is 9.88 Å². The minimum absolute atomic E-state index is 0.314. The molecule has 1 aliphatic heterocycles. The highest BCUT2D eigenvalue weighted by Crippen LogP contribution is 2.34. The molecule has 0 saturated carbocycles. The maximum atomic E-state index is 9.70. The number of aromatic nitrogens is 1. The largest absolute Gasteiger partial charge is 0.303 e. The van der Waals surface area contributed by atoms with E-state index in [0.29, 0.717) is 5.41 Å². The quantitative estimate of drug-likeness (QED) is 0.828. The van der Waals surface area contributed by atoms with Crippen LogP contribution in [0, 0.1) is 23.7 Å². The Morgan fingerprint density at radius 3 is 2.50 bits per heavy atom. The van der Waals surface area contributed by atoms with Crippen molar-refractivity contribution in [2.24, 2.45) is 5.41 Å². The number of hydrogen-bond donors (Lipinski definition) is 0. The zero-order valence-electron chi connectivity index (χ0n) is 13.1. The summed E-state index contributed by atoms with van der Waals surface area (Å²) < 4.78 is 0. The molecule has 0 spiro atoms. The van der Waals surface area contributed by atoms with Crippen LogP contribution in [-0.2, 0) is 5.41 Å². The number of nitrogens with zero attached hydrogens (tertiary/aromatic N) is 3. The van der Waals surface area contributed by atoms with Gasteiger partial charge < -0.3 is 4.90 Å². The summed E-state index contributed by atoms with van der Waals surface area (Å²) in [6.45, 7) is 11.9. The number of aryl methyl sites for hydroxylation is 1. The lowest BCUT2D eigenvalue weighted by Gasteiger charge is -2.39. The lowest BCUT2D eigenvalue weighted by molar-refractivity contribution is 0.136. The summed E-state index contributed by atoms with van der Waals surface area (Å²) in [5, 5.41) is 9.70. The minimum atomic E-state index is -0.388. The SMILES string of the molecule is Cc1ccnc(C2(C#N)CCN(CC(C)(C)C)CC2)c1. The van der Waals surface area contributed by atoms with E-state index >= 15 is 0 Å². The number of rotatable bonds is 2. The molecule has 0 N–H and O–H groups in total. The maximum absolute atomic E-state index is 9.70. The van der Waals surface area contributed by atoms with Crippen LogP contribution in [0.4, 0.5) is 0 Å². The second-order valence-electron chi connectivity index (χ2n) is 7.25. The third kappa shape index (κ3) is 3.37. The first-order chi connectivity index (χ1) is 9.35. The summed E-state index contributed by atoms with van der Waals surface area (Å²) in [6, 6.07) is 6.62. The average molecular weight is 271 g/mol. The van der Waals surface area contributed by atoms with E-state index in [1.807, 2.05) is 12.3 Å². The molecule has 0 aromatic carbocycles. The van der Waals surface area contributed by atoms with Crippen molar-refractivity contribution in [1.29, 1.82) is 5.26 Å². The van der Waals surface area contributed by atoms with E-state index in [1.54, 1.807) is 0 Å². The molecular formula is C17H25N3. The van der Waals surface area contributed by atoms with Gasteiger partial charge in [0.1, 0.15) is 5.41 Å². The second-order valence-corrected chi connectivity index (χ2v) is 7.25. The van der Waals surface area contributed by atoms with Crippen LogP contribution >= 0.6 is 0 Å². The van der Waals surface area contributed by atoms with Gasteiger partial charge in [0.2, 0.25) is 0 Å². The van der Waals surface area contributed by atoms with Crippen molar-refractivity contribution in [2.75, 3.05) is 19.6 Å². The summed E-state index contributed by atoms with van der Waals surface area (Å²) in [4.78, 5) is 6.94. The number of nitriles is 1. The molecule has 0 bridgehead atoms. The van der Waals surface area contributed by atoms with Crippen LogP contribution in [0.3, 0.4) is 0 Å². The van der Waals surface area contributed by atoms with Gasteiger partial charge in [-0.05, 0) is 42.9 Å². The molecule has 1 aromatic rings. The third-order valence-corrected chi connectivity index (χ3v) is 4.03. The van der Waals surface area contributed by atoms with Gasteiger partial charge in [0.25, 0.3) is 0 Å². The van der Waals surface area contributed by atoms with Crippen LogP contribution < -0.4 is 0 Å². The molecule has 3 nitrogen and oxygen atoms in total. The predicted octanol–water partition coefficient (Wildman–Crippen LogP) is 3.29. The van der Waals surface area contributed by atoms with Crippen LogP contribution in [0.15, 0.2) is 18.3 Å². The summed E-state index contributed by atoms with van der Waals surface area (Å²) in [5.41, 5.74) is 2.06. The van der Waals surface area contributed by atoms with Crippen LogP contribution in [0.25, 0.3) is 0 Å². The zero-order chi connectivity index (χ0) is 14.8. The summed E-state index contributed by atoms with van der Waals surface area (Å²) in [7, 11) is 0. The van der Waals surface area contributed by atoms with E-state index < -0.39 is 0 Å². The normalized spacial score (nSPS) is 19.6. The topological polar surface area (TPSA) is 39.9 Å². The molecule has 0 aliphatic carbocycles. The Bertz CT molecular complexity index is 500. The van der Waals surface area contributed by atoms with E-state index in [1.165, 1.54) is 5.56 Å². The van der Waals surface area contributed by atoms with Gasteiger partial charge in [-0.1, -0.05) is 20.8 Å². The van der Waals surface area contributed by atoms with E-state index in [2.05, 4.69) is 49.7 Å². The Morgan fingerprint density at radius 1 is 1.35 bits per heavy atom. The van der Waals surface area contributed by atoms with Crippen molar-refractivity contribution in [3.05, 3.63) is 29.6 Å². The molecule has 1 saturated heterocycles. The highest BCUT2D eigenvalue weighted by Gasteiger charge is 2.38. The van der Waals surface area contributed by atoms with E-state index in [-0.39, 0.29) is 5.41 Å². The van der Waals surface area contributed by atoms with Crippen LogP contribution in [0.1, 0.15) is 44.9 Å². The molecule has 1 aliphatic rings. The molecule has 0 atom stereocenters. The minimum Gasteiger partial charge on any atom is -0.303 e. The molecule has 1 aromatic heterocycles. The molecular weight excluding hydrogens is 246 g/mol. The number of likely N-dealkylation sites (tertiary alicyclic amines) is 1. The van der Waals surface area contributed by atoms with Gasteiger partial charge in [0, 0.05) is 25.8 Å². The molecule has 108 valence electrons. The Morgan fingerprint density at radius 2 is 2.00 bits per heavy atom. The summed E-state index contributed by atoms with van der Waals surface area (Å²) in [5.74, 6) is 0. The first-order valence-electron chi connectivity index (χ1n) is 7.41. The summed E-state index contributed by atoms with van der Waals surface area (Å²) >= 11 is 0. The van der Waals surface area contributed by atoms with Gasteiger partial charge >= 0.3 is 0 Å². The third-order valence-electron chi connectivity index (χ3n) is 4.03. The molecule has 0 amide bonds. The molecule has 3 heteroatoms. The maximum Gasteiger partial charge on any atom is 0.102 e. The molecule has 1 fully saturated rings. The van der Waals surface area contributed by atoms with E-state index in [9.17, 15) is 5.26 Å². The van der Waals surface area contributed by atoms with Crippen molar-refractivity contribution in [2.45, 2.75) is 46.0 Å². The fraction of sp³-hybridized carbons (Fsp3) is 0.647. The number of hydrogen-bond acceptors (Lipinski definition) is 3. The zero-order valence-corrected chi connectivity index (χ0v) is 13.1. The lowest BCUT2D eigenvalue weighted by Crippen LogP contribution is -2.45. The number of piperidine rings is 1. The fourth-order valence-corrected chi connectivity index (χ4v) is 2.99. The molecule has 0 radical (unpaired) electrons. The highest BCUT2D eigenvalue weighted by atomic mass is 15.1. The Hall–Kier alpha value is -1.40. The van der Waals surface area contributed by atoms with E-state index in [0.717, 1.165) is 38.2 Å². The smallest absolute Gasteiger partial charge is 0.102 e. The van der Waals surface area contributed by atoms with Crippen LogP contribution in [0.5, 0.6) is 0 Å². The molecule has 2 rings (SSSR count). The van der Waals surface area contributed by atoms with Crippen molar-refractivity contribution < 1.29 is 0 Å². The van der Waals surface area contributed by atoms with Gasteiger partial charge in [0.05, 0.1) is 11.8 Å². The molecule has 0 unspecified atom stereocenters. The van der Waals surface area contributed by atoms with Crippen molar-refractivity contribution in [3.8, 4) is 6.07 Å². The summed E-state index contributed by atoms with van der Waals surface area (Å²) in [6.07, 6.45) is 3.59. The second kappa shape index (κ2) is 5.54. The Kier molecular flexibility index (Phi) is 4.15. The highest BCUT2D eigenvalue weighted by molar-refractivity contribution is 5.30. The van der Waals surface area contributed by atoms with Gasteiger partial charge in [-0.15, -0.1) is 0 Å². The van der Waals surface area contributed by atoms with Crippen LogP contribution in [0.2, 0.25) is 0 Å². The van der Waals surface area contributed by atoms with Gasteiger partial charge in [-0.3, -0.25) is 4.98 Å².